The maximum Gasteiger partial charge on any atom is 0.328 e. The fourth-order valence-corrected chi connectivity index (χ4v) is 4.68. The van der Waals surface area contributed by atoms with Gasteiger partial charge >= 0.3 is 5.97 Å². The van der Waals surface area contributed by atoms with Crippen molar-refractivity contribution in [2.45, 2.75) is 58.9 Å². The highest BCUT2D eigenvalue weighted by Gasteiger charge is 2.32. The van der Waals surface area contributed by atoms with Gasteiger partial charge in [0.05, 0.1) is 18.6 Å². The number of benzene rings is 1. The molecule has 2 rings (SSSR count). The maximum absolute atomic E-state index is 13.1. The topological polar surface area (TPSA) is 63.7 Å². The van der Waals surface area contributed by atoms with Crippen LogP contribution in [0.15, 0.2) is 12.1 Å². The third-order valence-electron chi connectivity index (χ3n) is 5.28. The quantitative estimate of drug-likeness (QED) is 0.618. The number of amides is 1. The molecule has 1 aliphatic rings. The van der Waals surface area contributed by atoms with Crippen molar-refractivity contribution in [2.75, 3.05) is 17.8 Å². The van der Waals surface area contributed by atoms with Gasteiger partial charge in [-0.1, -0.05) is 48.7 Å². The highest BCUT2D eigenvalue weighted by atomic mass is 35.5. The monoisotopic (exact) mass is 425 g/mol. The Balaban J connectivity index is 2.24. The Hall–Kier alpha value is -1.53. The predicted octanol–water partition coefficient (Wildman–Crippen LogP) is 4.69. The highest BCUT2D eigenvalue weighted by Crippen LogP contribution is 2.33. The van der Waals surface area contributed by atoms with Crippen LogP contribution in [0.3, 0.4) is 0 Å². The molecule has 1 aliphatic carbocycles. The molecule has 0 aliphatic heterocycles. The normalized spacial score (nSPS) is 15.8. The van der Waals surface area contributed by atoms with Crippen molar-refractivity contribution < 1.29 is 19.1 Å². The van der Waals surface area contributed by atoms with Crippen LogP contribution in [0, 0.1) is 19.8 Å². The zero-order valence-electron chi connectivity index (χ0n) is 16.9. The molecule has 28 heavy (non-hydrogen) atoms. The van der Waals surface area contributed by atoms with E-state index in [-0.39, 0.29) is 22.7 Å². The Morgan fingerprint density at radius 2 is 1.86 bits per heavy atom. The van der Waals surface area contributed by atoms with Crippen molar-refractivity contribution in [1.29, 1.82) is 0 Å². The van der Waals surface area contributed by atoms with Crippen LogP contribution >= 0.6 is 23.4 Å². The van der Waals surface area contributed by atoms with Crippen LogP contribution in [0.1, 0.15) is 50.2 Å². The number of carbonyl (C=O) groups excluding carboxylic acids is 3. The van der Waals surface area contributed by atoms with E-state index in [1.165, 1.54) is 18.4 Å². The molecule has 154 valence electrons. The minimum Gasteiger partial charge on any atom is -0.467 e. The summed E-state index contributed by atoms with van der Waals surface area (Å²) in [4.78, 5) is 39.2. The van der Waals surface area contributed by atoms with E-state index in [0.29, 0.717) is 10.7 Å². The van der Waals surface area contributed by atoms with Gasteiger partial charge < -0.3 is 4.74 Å². The van der Waals surface area contributed by atoms with E-state index in [0.717, 1.165) is 48.6 Å². The van der Waals surface area contributed by atoms with Gasteiger partial charge in [-0.2, -0.15) is 0 Å². The van der Waals surface area contributed by atoms with E-state index in [1.807, 2.05) is 19.9 Å². The van der Waals surface area contributed by atoms with Crippen LogP contribution in [0.4, 0.5) is 5.69 Å². The van der Waals surface area contributed by atoms with E-state index in [9.17, 15) is 14.4 Å². The number of methoxy groups -OCH3 is 1. The van der Waals surface area contributed by atoms with Gasteiger partial charge in [-0.25, -0.2) is 4.79 Å². The highest BCUT2D eigenvalue weighted by molar-refractivity contribution is 8.14. The van der Waals surface area contributed by atoms with Crippen LogP contribution in [0.5, 0.6) is 0 Å². The molecular weight excluding hydrogens is 398 g/mol. The van der Waals surface area contributed by atoms with Gasteiger partial charge in [0.1, 0.15) is 6.04 Å². The number of carbonyl (C=O) groups is 3. The zero-order chi connectivity index (χ0) is 20.8. The number of anilines is 1. The molecule has 1 amide bonds. The molecule has 0 heterocycles. The summed E-state index contributed by atoms with van der Waals surface area (Å²) in [7, 11) is 1.29. The first-order chi connectivity index (χ1) is 13.3. The second-order valence-electron chi connectivity index (χ2n) is 7.24. The predicted molar refractivity (Wildman–Crippen MR) is 114 cm³/mol. The second-order valence-corrected chi connectivity index (χ2v) is 8.63. The third kappa shape index (κ3) is 5.29. The number of ether oxygens (including phenoxy) is 1. The molecule has 1 saturated carbocycles. The summed E-state index contributed by atoms with van der Waals surface area (Å²) in [5, 5.41) is 0.583. The molecule has 1 fully saturated rings. The van der Waals surface area contributed by atoms with Gasteiger partial charge in [0.15, 0.2) is 5.12 Å². The van der Waals surface area contributed by atoms with Crippen molar-refractivity contribution >= 4 is 46.0 Å². The average Bonchev–Trinajstić information content (AvgIpc) is 2.71. The molecule has 0 N–H and O–H groups in total. The Morgan fingerprint density at radius 3 is 2.46 bits per heavy atom. The van der Waals surface area contributed by atoms with Crippen molar-refractivity contribution in [3.63, 3.8) is 0 Å². The molecule has 0 radical (unpaired) electrons. The molecular formula is C21H28ClNO4S. The Morgan fingerprint density at radius 1 is 1.21 bits per heavy atom. The third-order valence-corrected chi connectivity index (χ3v) is 6.70. The lowest BCUT2D eigenvalue weighted by Gasteiger charge is -2.31. The molecule has 7 heteroatoms. The lowest BCUT2D eigenvalue weighted by molar-refractivity contribution is -0.142. The van der Waals surface area contributed by atoms with Crippen molar-refractivity contribution in [2.24, 2.45) is 5.92 Å². The number of nitrogens with zero attached hydrogens (tertiary/aromatic N) is 1. The molecule has 0 aromatic heterocycles. The van der Waals surface area contributed by atoms with E-state index < -0.39 is 12.0 Å². The lowest BCUT2D eigenvalue weighted by Crippen LogP contribution is -2.46. The van der Waals surface area contributed by atoms with Gasteiger partial charge in [0.25, 0.3) is 0 Å². The van der Waals surface area contributed by atoms with Crippen molar-refractivity contribution in [3.8, 4) is 0 Å². The Kier molecular flexibility index (Phi) is 8.38. The number of esters is 1. The maximum atomic E-state index is 13.1. The Labute approximate surface area is 176 Å². The Bertz CT molecular complexity index is 746. The second kappa shape index (κ2) is 10.3. The number of hydrogen-bond acceptors (Lipinski definition) is 5. The van der Waals surface area contributed by atoms with Crippen LogP contribution in [0.25, 0.3) is 0 Å². The molecule has 1 atom stereocenters. The average molecular weight is 426 g/mol. The first-order valence-electron chi connectivity index (χ1n) is 9.60. The van der Waals surface area contributed by atoms with Gasteiger partial charge in [0.2, 0.25) is 5.91 Å². The van der Waals surface area contributed by atoms with E-state index >= 15 is 0 Å². The molecule has 1 aromatic carbocycles. The first kappa shape index (κ1) is 22.8. The largest absolute Gasteiger partial charge is 0.467 e. The van der Waals surface area contributed by atoms with Gasteiger partial charge in [-0.15, -0.1) is 0 Å². The molecule has 0 saturated heterocycles. The number of halogens is 1. The SMILES string of the molecule is COC(=O)[C@H](C)N(C(=O)CSC(=O)C1CCCCC1)c1c(C)ccc(Cl)c1C. The zero-order valence-corrected chi connectivity index (χ0v) is 18.5. The van der Waals surface area contributed by atoms with E-state index in [4.69, 9.17) is 16.3 Å². The van der Waals surface area contributed by atoms with Crippen LogP contribution in [-0.2, 0) is 19.1 Å². The number of aryl methyl sites for hydroxylation is 1. The fraction of sp³-hybridized carbons (Fsp3) is 0.571. The summed E-state index contributed by atoms with van der Waals surface area (Å²) in [6.45, 7) is 5.30. The summed E-state index contributed by atoms with van der Waals surface area (Å²) >= 11 is 7.32. The molecule has 0 spiro atoms. The standard InChI is InChI=1S/C21H28ClNO4S/c1-13-10-11-17(22)14(2)19(13)23(15(3)20(25)27-4)18(24)12-28-21(26)16-8-6-5-7-9-16/h10-11,15-16H,5-9,12H2,1-4H3/t15-/m0/s1. The van der Waals surface area contributed by atoms with Gasteiger partial charge in [-0.05, 0) is 50.8 Å². The van der Waals surface area contributed by atoms with Gasteiger partial charge in [0, 0.05) is 10.9 Å². The molecule has 5 nitrogen and oxygen atoms in total. The van der Waals surface area contributed by atoms with Crippen LogP contribution < -0.4 is 4.90 Å². The van der Waals surface area contributed by atoms with Gasteiger partial charge in [-0.3, -0.25) is 14.5 Å². The van der Waals surface area contributed by atoms with Crippen molar-refractivity contribution in [1.82, 2.24) is 0 Å². The lowest BCUT2D eigenvalue weighted by atomic mass is 9.90. The van der Waals surface area contributed by atoms with E-state index in [1.54, 1.807) is 13.0 Å². The molecule has 0 unspecified atom stereocenters. The number of hydrogen-bond donors (Lipinski definition) is 0. The minimum atomic E-state index is -0.821. The minimum absolute atomic E-state index is 0.0118. The molecule has 0 bridgehead atoms. The smallest absolute Gasteiger partial charge is 0.328 e. The molecule has 1 aromatic rings. The summed E-state index contributed by atoms with van der Waals surface area (Å²) < 4.78 is 4.86. The van der Waals surface area contributed by atoms with Crippen LogP contribution in [0.2, 0.25) is 5.02 Å². The van der Waals surface area contributed by atoms with Crippen LogP contribution in [-0.4, -0.2) is 35.9 Å². The van der Waals surface area contributed by atoms with Crippen molar-refractivity contribution in [3.05, 3.63) is 28.3 Å². The summed E-state index contributed by atoms with van der Waals surface area (Å²) in [5.74, 6) is -0.800. The number of thioether (sulfide) groups is 1. The number of rotatable bonds is 6. The fourth-order valence-electron chi connectivity index (χ4n) is 3.65. The summed E-state index contributed by atoms with van der Waals surface area (Å²) in [6, 6.07) is 2.76. The van der Waals surface area contributed by atoms with E-state index in [2.05, 4.69) is 0 Å². The summed E-state index contributed by atoms with van der Waals surface area (Å²) in [6.07, 6.45) is 5.10. The first-order valence-corrected chi connectivity index (χ1v) is 11.0. The summed E-state index contributed by atoms with van der Waals surface area (Å²) in [5.41, 5.74) is 2.14.